The van der Waals surface area contributed by atoms with E-state index in [1.54, 1.807) is 4.57 Å². The zero-order chi connectivity index (χ0) is 27.0. The molecule has 2 heterocycles. The van der Waals surface area contributed by atoms with E-state index in [0.717, 1.165) is 23.2 Å². The van der Waals surface area contributed by atoms with Gasteiger partial charge in [0, 0.05) is 24.6 Å². The Bertz CT molecular complexity index is 1520. The zero-order valence-electron chi connectivity index (χ0n) is 21.2. The number of alkyl halides is 3. The molecule has 0 saturated carbocycles. The number of nitrogens with zero attached hydrogens (tertiary/aromatic N) is 3. The number of likely N-dealkylation sites (tertiary alicyclic amines) is 1. The van der Waals surface area contributed by atoms with Gasteiger partial charge in [-0.3, -0.25) is 13.9 Å². The number of hydrogen-bond donors (Lipinski definition) is 0. The summed E-state index contributed by atoms with van der Waals surface area (Å²) in [4.78, 5) is 28.5. The van der Waals surface area contributed by atoms with E-state index >= 15 is 0 Å². The van der Waals surface area contributed by atoms with Crippen molar-refractivity contribution in [1.29, 1.82) is 0 Å². The normalized spacial score (nSPS) is 14.9. The average Bonchev–Trinajstić information content (AvgIpc) is 3.19. The van der Waals surface area contributed by atoms with Gasteiger partial charge in [-0.1, -0.05) is 12.1 Å². The lowest BCUT2D eigenvalue weighted by atomic mass is 9.89. The Labute approximate surface area is 229 Å². The topological polar surface area (TPSA) is 47.2 Å². The number of rotatable bonds is 6. The van der Waals surface area contributed by atoms with Crippen LogP contribution >= 0.6 is 12.4 Å². The number of benzene rings is 3. The quantitative estimate of drug-likeness (QED) is 0.206. The molecule has 1 fully saturated rings. The van der Waals surface area contributed by atoms with E-state index in [4.69, 9.17) is 0 Å². The Balaban J connectivity index is 0.00000353. The van der Waals surface area contributed by atoms with Crippen LogP contribution in [-0.4, -0.2) is 39.5 Å². The molecule has 0 atom stereocenters. The van der Waals surface area contributed by atoms with E-state index in [-0.39, 0.29) is 35.6 Å². The summed E-state index contributed by atoms with van der Waals surface area (Å²) in [6, 6.07) is 15.8. The van der Waals surface area contributed by atoms with Crippen molar-refractivity contribution in [3.05, 3.63) is 99.7 Å². The maximum absolute atomic E-state index is 13.5. The number of aromatic nitrogens is 2. The second-order valence-electron chi connectivity index (χ2n) is 9.74. The molecule has 0 aliphatic carbocycles. The third-order valence-electron chi connectivity index (χ3n) is 7.33. The van der Waals surface area contributed by atoms with Gasteiger partial charge in [0.15, 0.2) is 5.78 Å². The van der Waals surface area contributed by atoms with E-state index in [1.165, 1.54) is 41.0 Å². The molecule has 0 unspecified atom stereocenters. The lowest BCUT2D eigenvalue weighted by Gasteiger charge is -2.31. The van der Waals surface area contributed by atoms with E-state index in [2.05, 4.69) is 4.90 Å². The van der Waals surface area contributed by atoms with E-state index in [9.17, 15) is 27.2 Å². The Morgan fingerprint density at radius 3 is 2.18 bits per heavy atom. The van der Waals surface area contributed by atoms with Crippen molar-refractivity contribution in [1.82, 2.24) is 14.0 Å². The summed E-state index contributed by atoms with van der Waals surface area (Å²) in [6.45, 7) is 4.27. The Morgan fingerprint density at radius 2 is 1.56 bits per heavy atom. The minimum absolute atomic E-state index is 0. The molecule has 0 bridgehead atoms. The summed E-state index contributed by atoms with van der Waals surface area (Å²) in [6.07, 6.45) is -3.10. The molecule has 0 spiro atoms. The first-order chi connectivity index (χ1) is 18.1. The maximum Gasteiger partial charge on any atom is 0.416 e. The predicted molar refractivity (Wildman–Crippen MR) is 144 cm³/mol. The van der Waals surface area contributed by atoms with Gasteiger partial charge in [-0.2, -0.15) is 13.2 Å². The number of carbonyl (C=O) groups is 1. The van der Waals surface area contributed by atoms with Crippen LogP contribution in [0.25, 0.3) is 16.7 Å². The van der Waals surface area contributed by atoms with Gasteiger partial charge >= 0.3 is 11.9 Å². The smallest absolute Gasteiger partial charge is 0.302 e. The van der Waals surface area contributed by atoms with Gasteiger partial charge in [-0.25, -0.2) is 9.18 Å². The monoisotopic (exact) mass is 561 g/mol. The van der Waals surface area contributed by atoms with Crippen molar-refractivity contribution in [3.8, 4) is 5.69 Å². The van der Waals surface area contributed by atoms with Crippen LogP contribution in [-0.2, 0) is 12.7 Å². The summed E-state index contributed by atoms with van der Waals surface area (Å²) >= 11 is 0. The summed E-state index contributed by atoms with van der Waals surface area (Å²) in [5.74, 6) is -0.471. The number of hydrogen-bond acceptors (Lipinski definition) is 3. The number of imidazole rings is 1. The highest BCUT2D eigenvalue weighted by Gasteiger charge is 2.30. The fraction of sp³-hybridized carbons (Fsp3) is 0.310. The third-order valence-corrected chi connectivity index (χ3v) is 7.33. The number of piperidine rings is 1. The predicted octanol–water partition coefficient (Wildman–Crippen LogP) is 6.28. The SMILES string of the molecule is Cc1cccc2c1n(-c1ccc(C(F)(F)F)cc1)c(=O)n2CCN1CCC(C(=O)c2ccc(F)cc2)CC1.Cl. The molecule has 206 valence electrons. The van der Waals surface area contributed by atoms with Gasteiger partial charge in [0.25, 0.3) is 0 Å². The van der Waals surface area contributed by atoms with Crippen LogP contribution in [0.2, 0.25) is 0 Å². The minimum Gasteiger partial charge on any atom is -0.302 e. The van der Waals surface area contributed by atoms with Crippen LogP contribution < -0.4 is 5.69 Å². The lowest BCUT2D eigenvalue weighted by molar-refractivity contribution is -0.137. The molecule has 39 heavy (non-hydrogen) atoms. The van der Waals surface area contributed by atoms with Gasteiger partial charge < -0.3 is 4.90 Å². The third kappa shape index (κ3) is 5.79. The zero-order valence-corrected chi connectivity index (χ0v) is 22.1. The summed E-state index contributed by atoms with van der Waals surface area (Å²) in [5, 5.41) is 0. The Kier molecular flexibility index (Phi) is 8.32. The highest BCUT2D eigenvalue weighted by atomic mass is 35.5. The van der Waals surface area contributed by atoms with Crippen LogP contribution in [0.4, 0.5) is 17.6 Å². The summed E-state index contributed by atoms with van der Waals surface area (Å²) in [7, 11) is 0. The molecular weight excluding hydrogens is 534 g/mol. The van der Waals surface area contributed by atoms with Crippen LogP contribution in [0.1, 0.15) is 34.3 Å². The highest BCUT2D eigenvalue weighted by molar-refractivity contribution is 5.97. The molecule has 0 amide bonds. The number of fused-ring (bicyclic) bond motifs is 1. The van der Waals surface area contributed by atoms with Crippen molar-refractivity contribution < 1.29 is 22.4 Å². The van der Waals surface area contributed by atoms with Crippen molar-refractivity contribution >= 4 is 29.2 Å². The second kappa shape index (κ2) is 11.4. The number of para-hydroxylation sites is 1. The van der Waals surface area contributed by atoms with Crippen molar-refractivity contribution in [3.63, 3.8) is 0 Å². The number of Topliss-reactive ketones (excluding diaryl/α,β-unsaturated/α-hetero) is 1. The molecule has 3 aromatic carbocycles. The van der Waals surface area contributed by atoms with Gasteiger partial charge in [0.2, 0.25) is 0 Å². The number of aryl methyl sites for hydroxylation is 1. The van der Waals surface area contributed by atoms with E-state index in [1.807, 2.05) is 25.1 Å². The second-order valence-corrected chi connectivity index (χ2v) is 9.74. The number of halogens is 5. The molecular formula is C29H28ClF4N3O2. The molecule has 1 aliphatic rings. The molecule has 1 aliphatic heterocycles. The Morgan fingerprint density at radius 1 is 0.923 bits per heavy atom. The van der Waals surface area contributed by atoms with Crippen LogP contribution in [0.3, 0.4) is 0 Å². The fourth-order valence-electron chi connectivity index (χ4n) is 5.24. The molecule has 0 N–H and O–H groups in total. The van der Waals surface area contributed by atoms with Crippen molar-refractivity contribution in [2.45, 2.75) is 32.5 Å². The first-order valence-corrected chi connectivity index (χ1v) is 12.5. The van der Waals surface area contributed by atoms with Crippen LogP contribution in [0.5, 0.6) is 0 Å². The minimum atomic E-state index is -4.45. The van der Waals surface area contributed by atoms with E-state index in [0.29, 0.717) is 55.8 Å². The molecule has 5 rings (SSSR count). The van der Waals surface area contributed by atoms with Crippen molar-refractivity contribution in [2.75, 3.05) is 19.6 Å². The molecule has 1 aromatic heterocycles. The standard InChI is InChI=1S/C29H27F4N3O2.ClH/c1-19-3-2-4-25-26(19)36(24-11-7-22(8-12-24)29(31,32)33)28(38)35(25)18-17-34-15-13-21(14-16-34)27(37)20-5-9-23(30)10-6-20;/h2-12,21H,13-18H2,1H3;1H. The molecule has 0 radical (unpaired) electrons. The van der Waals surface area contributed by atoms with Gasteiger partial charge in [-0.05, 0) is 93.0 Å². The summed E-state index contributed by atoms with van der Waals surface area (Å²) in [5.41, 5.74) is 2.05. The highest BCUT2D eigenvalue weighted by Crippen LogP contribution is 2.30. The molecule has 10 heteroatoms. The summed E-state index contributed by atoms with van der Waals surface area (Å²) < 4.78 is 55.5. The number of ketones is 1. The van der Waals surface area contributed by atoms with Crippen LogP contribution in [0.15, 0.2) is 71.5 Å². The fourth-order valence-corrected chi connectivity index (χ4v) is 5.24. The molecule has 4 aromatic rings. The van der Waals surface area contributed by atoms with E-state index < -0.39 is 11.7 Å². The van der Waals surface area contributed by atoms with Crippen molar-refractivity contribution in [2.24, 2.45) is 5.92 Å². The Hall–Kier alpha value is -3.43. The maximum atomic E-state index is 13.5. The lowest BCUT2D eigenvalue weighted by Crippen LogP contribution is -2.39. The first kappa shape index (κ1) is 28.6. The number of carbonyl (C=O) groups excluding carboxylic acids is 1. The molecule has 5 nitrogen and oxygen atoms in total. The van der Waals surface area contributed by atoms with Gasteiger partial charge in [-0.15, -0.1) is 12.4 Å². The van der Waals surface area contributed by atoms with Crippen LogP contribution in [0, 0.1) is 18.7 Å². The first-order valence-electron chi connectivity index (χ1n) is 12.5. The van der Waals surface area contributed by atoms with Gasteiger partial charge in [0.05, 0.1) is 22.3 Å². The average molecular weight is 562 g/mol. The van der Waals surface area contributed by atoms with Gasteiger partial charge in [0.1, 0.15) is 5.82 Å². The largest absolute Gasteiger partial charge is 0.416 e. The molecule has 1 saturated heterocycles.